The maximum absolute atomic E-state index is 12.3. The first-order valence-corrected chi connectivity index (χ1v) is 7.28. The Hall–Kier alpha value is -2.80. The quantitative estimate of drug-likeness (QED) is 0.825. The summed E-state index contributed by atoms with van der Waals surface area (Å²) in [7, 11) is 0. The summed E-state index contributed by atoms with van der Waals surface area (Å²) in [5, 5.41) is 0. The fourth-order valence-corrected chi connectivity index (χ4v) is 2.53. The molecule has 2 N–H and O–H groups in total. The third-order valence-electron chi connectivity index (χ3n) is 3.67. The number of hydrazine groups is 1. The van der Waals surface area contributed by atoms with Crippen LogP contribution in [0, 0.1) is 5.92 Å². The van der Waals surface area contributed by atoms with E-state index in [-0.39, 0.29) is 23.6 Å². The molecule has 2 amide bonds. The number of aromatic nitrogens is 2. The van der Waals surface area contributed by atoms with Gasteiger partial charge in [0, 0.05) is 12.8 Å². The summed E-state index contributed by atoms with van der Waals surface area (Å²) >= 11 is 0. The molecule has 0 saturated carbocycles. The predicted octanol–water partition coefficient (Wildman–Crippen LogP) is 1.02. The van der Waals surface area contributed by atoms with Crippen molar-refractivity contribution in [2.45, 2.75) is 12.5 Å². The van der Waals surface area contributed by atoms with Crippen LogP contribution in [0.2, 0.25) is 0 Å². The number of nitrogens with zero attached hydrogens (tertiary/aromatic N) is 2. The standard InChI is InChI=1S/C16H16N4O3/c21-15(19-20-16(22)13-6-8-17-10-18-13)12-7-9-23-14(12)11-4-2-1-3-5-11/h1-6,8,10,12,14H,7,9H2,(H,19,21)(H,20,22)/t12-,14+/m1/s1. The Morgan fingerprint density at radius 3 is 2.70 bits per heavy atom. The van der Waals surface area contributed by atoms with Gasteiger partial charge in [-0.15, -0.1) is 0 Å². The molecule has 7 nitrogen and oxygen atoms in total. The van der Waals surface area contributed by atoms with E-state index in [1.165, 1.54) is 18.6 Å². The van der Waals surface area contributed by atoms with Crippen molar-refractivity contribution in [3.05, 3.63) is 60.2 Å². The number of rotatable bonds is 3. The van der Waals surface area contributed by atoms with Gasteiger partial charge in [-0.3, -0.25) is 20.4 Å². The lowest BCUT2D eigenvalue weighted by molar-refractivity contribution is -0.127. The van der Waals surface area contributed by atoms with E-state index in [9.17, 15) is 9.59 Å². The number of amides is 2. The van der Waals surface area contributed by atoms with Crippen molar-refractivity contribution < 1.29 is 14.3 Å². The Balaban J connectivity index is 1.60. The molecule has 1 fully saturated rings. The first kappa shape index (κ1) is 15.1. The molecule has 0 bridgehead atoms. The lowest BCUT2D eigenvalue weighted by Gasteiger charge is -2.18. The molecule has 1 aliphatic heterocycles. The van der Waals surface area contributed by atoms with E-state index in [0.29, 0.717) is 13.0 Å². The molecule has 7 heteroatoms. The van der Waals surface area contributed by atoms with Gasteiger partial charge in [0.1, 0.15) is 12.0 Å². The Bertz CT molecular complexity index is 678. The Morgan fingerprint density at radius 2 is 1.96 bits per heavy atom. The molecule has 1 aromatic carbocycles. The van der Waals surface area contributed by atoms with Gasteiger partial charge in [-0.25, -0.2) is 9.97 Å². The fourth-order valence-electron chi connectivity index (χ4n) is 2.53. The molecule has 0 radical (unpaired) electrons. The van der Waals surface area contributed by atoms with Gasteiger partial charge in [0.25, 0.3) is 5.91 Å². The van der Waals surface area contributed by atoms with Crippen molar-refractivity contribution in [3.8, 4) is 0 Å². The smallest absolute Gasteiger partial charge is 0.288 e. The van der Waals surface area contributed by atoms with Crippen LogP contribution in [0.5, 0.6) is 0 Å². The van der Waals surface area contributed by atoms with Crippen molar-refractivity contribution >= 4 is 11.8 Å². The van der Waals surface area contributed by atoms with Gasteiger partial charge in [-0.05, 0) is 18.1 Å². The average molecular weight is 312 g/mol. The molecule has 1 aromatic heterocycles. The van der Waals surface area contributed by atoms with Crippen LogP contribution >= 0.6 is 0 Å². The lowest BCUT2D eigenvalue weighted by atomic mass is 9.95. The number of nitrogens with one attached hydrogen (secondary N) is 2. The fraction of sp³-hybridized carbons (Fsp3) is 0.250. The van der Waals surface area contributed by atoms with E-state index in [2.05, 4.69) is 20.8 Å². The van der Waals surface area contributed by atoms with Gasteiger partial charge in [0.2, 0.25) is 5.91 Å². The lowest BCUT2D eigenvalue weighted by Crippen LogP contribution is -2.45. The summed E-state index contributed by atoms with van der Waals surface area (Å²) in [5.74, 6) is -1.11. The van der Waals surface area contributed by atoms with Crippen LogP contribution in [0.15, 0.2) is 48.9 Å². The monoisotopic (exact) mass is 312 g/mol. The molecule has 23 heavy (non-hydrogen) atoms. The van der Waals surface area contributed by atoms with Crippen LogP contribution in [-0.2, 0) is 9.53 Å². The zero-order valence-corrected chi connectivity index (χ0v) is 12.3. The van der Waals surface area contributed by atoms with E-state index in [1.807, 2.05) is 30.3 Å². The van der Waals surface area contributed by atoms with Gasteiger partial charge in [-0.1, -0.05) is 30.3 Å². The Kier molecular flexibility index (Phi) is 4.58. The highest BCUT2D eigenvalue weighted by Gasteiger charge is 2.35. The van der Waals surface area contributed by atoms with E-state index in [1.54, 1.807) is 0 Å². The highest BCUT2D eigenvalue weighted by atomic mass is 16.5. The Labute approximate surface area is 133 Å². The minimum atomic E-state index is -0.490. The minimum Gasteiger partial charge on any atom is -0.373 e. The second-order valence-electron chi connectivity index (χ2n) is 5.14. The van der Waals surface area contributed by atoms with E-state index in [4.69, 9.17) is 4.74 Å². The first-order valence-electron chi connectivity index (χ1n) is 7.28. The number of carbonyl (C=O) groups is 2. The zero-order valence-electron chi connectivity index (χ0n) is 12.3. The predicted molar refractivity (Wildman–Crippen MR) is 80.9 cm³/mol. The molecule has 2 aromatic rings. The van der Waals surface area contributed by atoms with Crippen LogP contribution in [0.25, 0.3) is 0 Å². The van der Waals surface area contributed by atoms with Crippen molar-refractivity contribution in [1.29, 1.82) is 0 Å². The molecule has 0 aliphatic carbocycles. The van der Waals surface area contributed by atoms with Gasteiger partial charge in [0.15, 0.2) is 0 Å². The van der Waals surface area contributed by atoms with Gasteiger partial charge < -0.3 is 4.74 Å². The van der Waals surface area contributed by atoms with Crippen LogP contribution in [0.3, 0.4) is 0 Å². The summed E-state index contributed by atoms with van der Waals surface area (Å²) < 4.78 is 5.67. The molecule has 2 atom stereocenters. The summed E-state index contributed by atoms with van der Waals surface area (Å²) in [6.07, 6.45) is 3.04. The number of ether oxygens (including phenoxy) is 1. The molecule has 118 valence electrons. The molecule has 0 unspecified atom stereocenters. The number of benzene rings is 1. The molecule has 0 spiro atoms. The van der Waals surface area contributed by atoms with Crippen LogP contribution in [-0.4, -0.2) is 28.4 Å². The van der Waals surface area contributed by atoms with Crippen molar-refractivity contribution in [1.82, 2.24) is 20.8 Å². The second kappa shape index (κ2) is 6.97. The van der Waals surface area contributed by atoms with Gasteiger partial charge in [0.05, 0.1) is 12.0 Å². The maximum Gasteiger partial charge on any atom is 0.288 e. The van der Waals surface area contributed by atoms with Gasteiger partial charge >= 0.3 is 0 Å². The van der Waals surface area contributed by atoms with E-state index in [0.717, 1.165) is 5.56 Å². The molecule has 3 rings (SSSR count). The molecular weight excluding hydrogens is 296 g/mol. The normalized spacial score (nSPS) is 20.0. The first-order chi connectivity index (χ1) is 11.3. The third-order valence-corrected chi connectivity index (χ3v) is 3.67. The largest absolute Gasteiger partial charge is 0.373 e. The van der Waals surface area contributed by atoms with Crippen molar-refractivity contribution in [2.24, 2.45) is 5.92 Å². The summed E-state index contributed by atoms with van der Waals surface area (Å²) in [6.45, 7) is 0.511. The van der Waals surface area contributed by atoms with Crippen molar-refractivity contribution in [3.63, 3.8) is 0 Å². The number of carbonyl (C=O) groups excluding carboxylic acids is 2. The summed E-state index contributed by atoms with van der Waals surface area (Å²) in [4.78, 5) is 31.7. The Morgan fingerprint density at radius 1 is 1.13 bits per heavy atom. The van der Waals surface area contributed by atoms with Gasteiger partial charge in [-0.2, -0.15) is 0 Å². The van der Waals surface area contributed by atoms with E-state index >= 15 is 0 Å². The number of hydrogen-bond donors (Lipinski definition) is 2. The zero-order chi connectivity index (χ0) is 16.1. The minimum absolute atomic E-state index is 0.183. The third kappa shape index (κ3) is 3.51. The molecule has 2 heterocycles. The van der Waals surface area contributed by atoms with Crippen LogP contribution < -0.4 is 10.9 Å². The average Bonchev–Trinajstić information content (AvgIpc) is 3.11. The second-order valence-corrected chi connectivity index (χ2v) is 5.14. The highest BCUT2D eigenvalue weighted by Crippen LogP contribution is 2.34. The van der Waals surface area contributed by atoms with Crippen molar-refractivity contribution in [2.75, 3.05) is 6.61 Å². The highest BCUT2D eigenvalue weighted by molar-refractivity contribution is 5.93. The SMILES string of the molecule is O=C(NNC(=O)[C@@H]1CCO[C@H]1c1ccccc1)c1ccncn1. The molecular formula is C16H16N4O3. The topological polar surface area (TPSA) is 93.2 Å². The number of hydrogen-bond acceptors (Lipinski definition) is 5. The summed E-state index contributed by atoms with van der Waals surface area (Å²) in [5.41, 5.74) is 5.94. The molecule has 1 aliphatic rings. The van der Waals surface area contributed by atoms with E-state index < -0.39 is 5.91 Å². The molecule has 1 saturated heterocycles. The van der Waals surface area contributed by atoms with Crippen LogP contribution in [0.4, 0.5) is 0 Å². The summed E-state index contributed by atoms with van der Waals surface area (Å²) in [6, 6.07) is 11.0. The maximum atomic E-state index is 12.3. The van der Waals surface area contributed by atoms with Crippen LogP contribution in [0.1, 0.15) is 28.6 Å².